The van der Waals surface area contributed by atoms with Gasteiger partial charge in [0.25, 0.3) is 0 Å². The zero-order chi connectivity index (χ0) is 7.68. The average molecular weight is 148 g/mol. The van der Waals surface area contributed by atoms with Gasteiger partial charge in [-0.25, -0.2) is 4.79 Å². The van der Waals surface area contributed by atoms with Crippen molar-refractivity contribution in [3.8, 4) is 0 Å². The van der Waals surface area contributed by atoms with Gasteiger partial charge in [0.15, 0.2) is 0 Å². The molecule has 1 saturated heterocycles. The van der Waals surface area contributed by atoms with Gasteiger partial charge in [0.05, 0.1) is 0 Å². The van der Waals surface area contributed by atoms with E-state index in [-0.39, 0.29) is 6.03 Å². The number of rotatable bonds is 1. The summed E-state index contributed by atoms with van der Waals surface area (Å²) in [6.45, 7) is 0.628. The van der Waals surface area contributed by atoms with Gasteiger partial charge < -0.3 is 5.32 Å². The lowest BCUT2D eigenvalue weighted by atomic mass is 10.3. The summed E-state index contributed by atoms with van der Waals surface area (Å²) in [7, 11) is 0. The third-order valence-electron chi connectivity index (χ3n) is 1.70. The van der Waals surface area contributed by atoms with Gasteiger partial charge in [-0.2, -0.15) is 0 Å². The van der Waals surface area contributed by atoms with Crippen molar-refractivity contribution in [1.82, 2.24) is 5.32 Å². The number of hydrogen-bond acceptors (Lipinski definition) is 1. The summed E-state index contributed by atoms with van der Waals surface area (Å²) in [5, 5.41) is 2.64. The second kappa shape index (κ2) is 2.27. The minimum absolute atomic E-state index is 0.0174. The molecule has 1 aliphatic rings. The maximum atomic E-state index is 10.8. The first kappa shape index (κ1) is 6.22. The summed E-state index contributed by atoms with van der Waals surface area (Å²) in [5.41, 5.74) is 0.955. The second-order valence-corrected chi connectivity index (χ2v) is 2.40. The molecular weight excluding hydrogens is 140 g/mol. The van der Waals surface area contributed by atoms with Crippen molar-refractivity contribution in [2.45, 2.75) is 0 Å². The minimum atomic E-state index is -0.0174. The highest BCUT2D eigenvalue weighted by atomic mass is 16.2. The van der Waals surface area contributed by atoms with Crippen LogP contribution in [0.5, 0.6) is 0 Å². The predicted molar refractivity (Wildman–Crippen MR) is 42.3 cm³/mol. The molecule has 0 unspecified atom stereocenters. The molecule has 1 fully saturated rings. The maximum absolute atomic E-state index is 10.8. The highest BCUT2D eigenvalue weighted by molar-refractivity contribution is 5.97. The van der Waals surface area contributed by atoms with Crippen molar-refractivity contribution in [3.05, 3.63) is 30.3 Å². The maximum Gasteiger partial charge on any atom is 0.324 e. The van der Waals surface area contributed by atoms with Crippen molar-refractivity contribution in [3.63, 3.8) is 0 Å². The van der Waals surface area contributed by atoms with E-state index in [4.69, 9.17) is 0 Å². The van der Waals surface area contributed by atoms with Crippen LogP contribution >= 0.6 is 0 Å². The second-order valence-electron chi connectivity index (χ2n) is 2.40. The van der Waals surface area contributed by atoms with E-state index in [1.54, 1.807) is 4.90 Å². The highest BCUT2D eigenvalue weighted by Gasteiger charge is 2.23. The Bertz CT molecular complexity index is 271. The molecule has 1 N–H and O–H groups in total. The Morgan fingerprint density at radius 2 is 2.00 bits per heavy atom. The lowest BCUT2D eigenvalue weighted by Crippen LogP contribution is -2.57. The first-order chi connectivity index (χ1) is 5.38. The molecule has 56 valence electrons. The van der Waals surface area contributed by atoms with Crippen LogP contribution in [0, 0.1) is 0 Å². The number of benzene rings is 1. The Morgan fingerprint density at radius 3 is 2.45 bits per heavy atom. The topological polar surface area (TPSA) is 32.3 Å². The number of nitrogens with one attached hydrogen (secondary N) is 1. The molecule has 1 aromatic carbocycles. The number of carbonyl (C=O) groups excluding carboxylic acids is 1. The van der Waals surface area contributed by atoms with Crippen LogP contribution in [0.2, 0.25) is 0 Å². The first-order valence-electron chi connectivity index (χ1n) is 3.48. The van der Waals surface area contributed by atoms with E-state index in [9.17, 15) is 4.79 Å². The van der Waals surface area contributed by atoms with E-state index >= 15 is 0 Å². The zero-order valence-electron chi connectivity index (χ0n) is 5.95. The molecule has 0 atom stereocenters. The van der Waals surface area contributed by atoms with Gasteiger partial charge in [0, 0.05) is 5.69 Å². The Kier molecular flexibility index (Phi) is 1.28. The normalized spacial score (nSPS) is 15.6. The van der Waals surface area contributed by atoms with Crippen LogP contribution in [0.25, 0.3) is 0 Å². The summed E-state index contributed by atoms with van der Waals surface area (Å²) in [6.07, 6.45) is 0. The number of carbonyl (C=O) groups is 1. The molecule has 0 saturated carbocycles. The Balaban J connectivity index is 2.23. The zero-order valence-corrected chi connectivity index (χ0v) is 5.95. The number of amides is 2. The largest absolute Gasteiger partial charge is 0.324 e. The number of nitrogens with zero attached hydrogens (tertiary/aromatic N) is 1. The Morgan fingerprint density at radius 1 is 1.27 bits per heavy atom. The summed E-state index contributed by atoms with van der Waals surface area (Å²) in [4.78, 5) is 12.5. The summed E-state index contributed by atoms with van der Waals surface area (Å²) < 4.78 is 0. The number of anilines is 1. The minimum Gasteiger partial charge on any atom is -0.320 e. The third-order valence-corrected chi connectivity index (χ3v) is 1.70. The van der Waals surface area contributed by atoms with Gasteiger partial charge in [0.1, 0.15) is 6.67 Å². The fourth-order valence-electron chi connectivity index (χ4n) is 1.04. The molecule has 1 aliphatic heterocycles. The van der Waals surface area contributed by atoms with Crippen LogP contribution in [0.15, 0.2) is 30.3 Å². The van der Waals surface area contributed by atoms with Gasteiger partial charge in [0.2, 0.25) is 0 Å². The summed E-state index contributed by atoms with van der Waals surface area (Å²) >= 11 is 0. The molecule has 3 heteroatoms. The van der Waals surface area contributed by atoms with Crippen LogP contribution in [-0.2, 0) is 0 Å². The third kappa shape index (κ3) is 0.941. The van der Waals surface area contributed by atoms with Crippen LogP contribution in [0.1, 0.15) is 0 Å². The van der Waals surface area contributed by atoms with Crippen LogP contribution in [0.4, 0.5) is 10.5 Å². The van der Waals surface area contributed by atoms with E-state index in [1.807, 2.05) is 30.3 Å². The molecule has 0 radical (unpaired) electrons. The van der Waals surface area contributed by atoms with Crippen molar-refractivity contribution in [2.24, 2.45) is 0 Å². The lowest BCUT2D eigenvalue weighted by Gasteiger charge is -2.31. The summed E-state index contributed by atoms with van der Waals surface area (Å²) in [6, 6.07) is 9.58. The molecule has 0 bridgehead atoms. The van der Waals surface area contributed by atoms with E-state index < -0.39 is 0 Å². The van der Waals surface area contributed by atoms with E-state index in [0.29, 0.717) is 6.67 Å². The molecule has 0 spiro atoms. The molecule has 1 heterocycles. The SMILES string of the molecule is O=C1NCN1c1ccccc1. The number of para-hydroxylation sites is 1. The van der Waals surface area contributed by atoms with E-state index in [2.05, 4.69) is 5.32 Å². The van der Waals surface area contributed by atoms with Crippen LogP contribution in [0.3, 0.4) is 0 Å². The van der Waals surface area contributed by atoms with Crippen molar-refractivity contribution in [1.29, 1.82) is 0 Å². The van der Waals surface area contributed by atoms with Gasteiger partial charge >= 0.3 is 6.03 Å². The molecule has 1 aromatic rings. The molecular formula is C8H8N2O. The van der Waals surface area contributed by atoms with Gasteiger partial charge in [-0.1, -0.05) is 18.2 Å². The summed E-state index contributed by atoms with van der Waals surface area (Å²) in [5.74, 6) is 0. The number of urea groups is 1. The highest BCUT2D eigenvalue weighted by Crippen LogP contribution is 2.15. The van der Waals surface area contributed by atoms with Crippen LogP contribution < -0.4 is 10.2 Å². The fourth-order valence-corrected chi connectivity index (χ4v) is 1.04. The smallest absolute Gasteiger partial charge is 0.320 e. The Labute approximate surface area is 64.6 Å². The molecule has 2 rings (SSSR count). The van der Waals surface area contributed by atoms with Crippen molar-refractivity contribution < 1.29 is 4.79 Å². The quantitative estimate of drug-likeness (QED) is 0.637. The molecule has 2 amide bonds. The standard InChI is InChI=1S/C8H8N2O/c11-8-9-6-10(8)7-4-2-1-3-5-7/h1-5H,6H2,(H,9,11). The molecule has 11 heavy (non-hydrogen) atoms. The van der Waals surface area contributed by atoms with E-state index in [0.717, 1.165) is 5.69 Å². The fraction of sp³-hybridized carbons (Fsp3) is 0.125. The average Bonchev–Trinajstić information content (AvgIpc) is 2.04. The van der Waals surface area contributed by atoms with Crippen molar-refractivity contribution in [2.75, 3.05) is 11.6 Å². The molecule has 3 nitrogen and oxygen atoms in total. The van der Waals surface area contributed by atoms with Crippen molar-refractivity contribution >= 4 is 11.7 Å². The number of hydrogen-bond donors (Lipinski definition) is 1. The molecule has 0 aromatic heterocycles. The predicted octanol–water partition coefficient (Wildman–Crippen LogP) is 1.17. The van der Waals surface area contributed by atoms with Gasteiger partial charge in [-0.05, 0) is 12.1 Å². The van der Waals surface area contributed by atoms with Gasteiger partial charge in [-0.15, -0.1) is 0 Å². The van der Waals surface area contributed by atoms with Crippen LogP contribution in [-0.4, -0.2) is 12.7 Å². The van der Waals surface area contributed by atoms with E-state index in [1.165, 1.54) is 0 Å². The Hall–Kier alpha value is -1.51. The first-order valence-corrected chi connectivity index (χ1v) is 3.48. The van der Waals surface area contributed by atoms with Gasteiger partial charge in [-0.3, -0.25) is 4.90 Å². The lowest BCUT2D eigenvalue weighted by molar-refractivity contribution is 0.235. The molecule has 0 aliphatic carbocycles. The monoisotopic (exact) mass is 148 g/mol.